The van der Waals surface area contributed by atoms with Crippen LogP contribution in [0.4, 0.5) is 5.69 Å². The third kappa shape index (κ3) is 5.13. The van der Waals surface area contributed by atoms with Crippen molar-refractivity contribution in [1.82, 2.24) is 4.68 Å². The van der Waals surface area contributed by atoms with Crippen molar-refractivity contribution in [3.8, 4) is 22.8 Å². The minimum absolute atomic E-state index is 0.00816. The van der Waals surface area contributed by atoms with Crippen molar-refractivity contribution in [2.24, 2.45) is 10.1 Å². The zero-order valence-corrected chi connectivity index (χ0v) is 21.0. The van der Waals surface area contributed by atoms with Gasteiger partial charge in [0.2, 0.25) is 11.6 Å². The number of ether oxygens (including phenoxy) is 2. The highest BCUT2D eigenvalue weighted by molar-refractivity contribution is 7.07. The molecule has 36 heavy (non-hydrogen) atoms. The van der Waals surface area contributed by atoms with Gasteiger partial charge in [-0.25, -0.2) is 4.68 Å². The maximum Gasteiger partial charge on any atom is 0.282 e. The molecule has 11 heteroatoms. The summed E-state index contributed by atoms with van der Waals surface area (Å²) in [7, 11) is 0. The summed E-state index contributed by atoms with van der Waals surface area (Å²) in [6.45, 7) is 0.543. The molecular formula is C25H18Cl2N4O4S. The molecule has 1 aliphatic heterocycles. The van der Waals surface area contributed by atoms with Gasteiger partial charge in [0.15, 0.2) is 11.5 Å². The Bertz CT molecular complexity index is 1530. The van der Waals surface area contributed by atoms with Crippen LogP contribution in [-0.2, 0) is 6.42 Å². The van der Waals surface area contributed by atoms with Crippen LogP contribution in [0.1, 0.15) is 11.1 Å². The molecule has 2 heterocycles. The first-order chi connectivity index (χ1) is 17.5. The van der Waals surface area contributed by atoms with E-state index in [0.717, 1.165) is 6.42 Å². The Hall–Kier alpha value is -3.66. The third-order valence-corrected chi connectivity index (χ3v) is 6.83. The van der Waals surface area contributed by atoms with E-state index in [0.29, 0.717) is 44.1 Å². The second kappa shape index (κ2) is 10.5. The molecule has 3 aromatic carbocycles. The smallest absolute Gasteiger partial charge is 0.282 e. The molecule has 0 unspecified atom stereocenters. The maximum atomic E-state index is 11.7. The molecule has 8 nitrogen and oxygen atoms in total. The van der Waals surface area contributed by atoms with E-state index < -0.39 is 4.92 Å². The molecule has 0 radical (unpaired) electrons. The summed E-state index contributed by atoms with van der Waals surface area (Å²) in [5, 5.41) is 19.2. The highest BCUT2D eigenvalue weighted by atomic mass is 35.5. The fourth-order valence-electron chi connectivity index (χ4n) is 3.65. The Labute approximate surface area is 219 Å². The van der Waals surface area contributed by atoms with Gasteiger partial charge in [-0.2, -0.15) is 5.10 Å². The number of thiazole rings is 1. The number of nitro groups is 1. The monoisotopic (exact) mass is 540 g/mol. The summed E-state index contributed by atoms with van der Waals surface area (Å²) in [4.78, 5) is 16.6. The second-order valence-electron chi connectivity index (χ2n) is 7.72. The third-order valence-electron chi connectivity index (χ3n) is 5.41. The normalized spacial score (nSPS) is 13.0. The van der Waals surface area contributed by atoms with E-state index in [2.05, 4.69) is 5.10 Å². The maximum absolute atomic E-state index is 11.7. The summed E-state index contributed by atoms with van der Waals surface area (Å²) < 4.78 is 12.3. The molecule has 0 saturated heterocycles. The zero-order valence-electron chi connectivity index (χ0n) is 18.6. The minimum atomic E-state index is -0.485. The molecule has 1 aromatic heterocycles. The van der Waals surface area contributed by atoms with Crippen LogP contribution in [0.2, 0.25) is 10.0 Å². The van der Waals surface area contributed by atoms with Crippen LogP contribution in [0.25, 0.3) is 11.3 Å². The number of hydrogen-bond donors (Lipinski definition) is 0. The topological polar surface area (TPSA) is 91.2 Å². The van der Waals surface area contributed by atoms with Crippen molar-refractivity contribution < 1.29 is 14.4 Å². The molecule has 0 amide bonds. The lowest BCUT2D eigenvalue weighted by Gasteiger charge is -2.07. The van der Waals surface area contributed by atoms with E-state index in [-0.39, 0.29) is 18.0 Å². The van der Waals surface area contributed by atoms with Gasteiger partial charge in [-0.1, -0.05) is 53.5 Å². The van der Waals surface area contributed by atoms with Crippen LogP contribution in [0.15, 0.2) is 76.1 Å². The molecule has 1 aliphatic rings. The van der Waals surface area contributed by atoms with Gasteiger partial charge in [0, 0.05) is 22.5 Å². The van der Waals surface area contributed by atoms with Crippen molar-refractivity contribution in [1.29, 1.82) is 0 Å². The predicted molar refractivity (Wildman–Crippen MR) is 141 cm³/mol. The molecule has 0 N–H and O–H groups in total. The molecular weight excluding hydrogens is 523 g/mol. The quantitative estimate of drug-likeness (QED) is 0.159. The molecule has 0 aliphatic carbocycles. The highest BCUT2D eigenvalue weighted by Crippen LogP contribution is 2.37. The lowest BCUT2D eigenvalue weighted by molar-refractivity contribution is -0.385. The molecule has 182 valence electrons. The molecule has 0 saturated carbocycles. The predicted octanol–water partition coefficient (Wildman–Crippen LogP) is 6.19. The number of fused-ring (bicyclic) bond motifs is 1. The first-order valence-electron chi connectivity index (χ1n) is 10.8. The van der Waals surface area contributed by atoms with Crippen LogP contribution >= 0.6 is 34.5 Å². The van der Waals surface area contributed by atoms with Crippen LogP contribution in [0.3, 0.4) is 0 Å². The number of benzene rings is 3. The first kappa shape index (κ1) is 24.1. The van der Waals surface area contributed by atoms with E-state index in [1.165, 1.54) is 35.2 Å². The Kier molecular flexibility index (Phi) is 7.04. The van der Waals surface area contributed by atoms with Gasteiger partial charge in [-0.05, 0) is 36.2 Å². The van der Waals surface area contributed by atoms with Crippen molar-refractivity contribution in [2.75, 3.05) is 13.3 Å². The minimum Gasteiger partial charge on any atom is -0.454 e. The number of hydrogen-bond acceptors (Lipinski definition) is 7. The van der Waals surface area contributed by atoms with Gasteiger partial charge < -0.3 is 9.47 Å². The summed E-state index contributed by atoms with van der Waals surface area (Å²) in [5.41, 5.74) is 2.61. The van der Waals surface area contributed by atoms with Crippen molar-refractivity contribution in [2.45, 2.75) is 6.42 Å². The van der Waals surface area contributed by atoms with Crippen LogP contribution < -0.4 is 14.3 Å². The summed E-state index contributed by atoms with van der Waals surface area (Å²) in [5.74, 6) is 0.744. The first-order valence-corrected chi connectivity index (χ1v) is 12.5. The SMILES string of the molecule is O=[N+]([O-])c1cc2c(cc1C=Nn1c(-c3cc(Cl)ccc3Cl)csc1=NCCc1ccccc1)OCO2. The van der Waals surface area contributed by atoms with Gasteiger partial charge in [0.1, 0.15) is 0 Å². The number of rotatable bonds is 7. The summed E-state index contributed by atoms with van der Waals surface area (Å²) >= 11 is 14.1. The van der Waals surface area contributed by atoms with E-state index in [4.69, 9.17) is 37.7 Å². The lowest BCUT2D eigenvalue weighted by Crippen LogP contribution is -2.13. The Morgan fingerprint density at radius 2 is 1.86 bits per heavy atom. The standard InChI is InChI=1S/C25H18Cl2N4O4S/c26-18-6-7-20(27)19(11-18)22-14-36-25(28-9-8-16-4-2-1-3-5-16)30(22)29-13-17-10-23-24(35-15-34-23)12-21(17)31(32)33/h1-7,10-14H,8-9,15H2. The van der Waals surface area contributed by atoms with Gasteiger partial charge in [-0.15, -0.1) is 11.3 Å². The van der Waals surface area contributed by atoms with Gasteiger partial charge >= 0.3 is 0 Å². The van der Waals surface area contributed by atoms with E-state index in [9.17, 15) is 10.1 Å². The van der Waals surface area contributed by atoms with Crippen molar-refractivity contribution in [3.63, 3.8) is 0 Å². The van der Waals surface area contributed by atoms with Crippen LogP contribution in [0.5, 0.6) is 11.5 Å². The average Bonchev–Trinajstić information content (AvgIpc) is 3.50. The number of aromatic nitrogens is 1. The van der Waals surface area contributed by atoms with Crippen LogP contribution in [0, 0.1) is 10.1 Å². The highest BCUT2D eigenvalue weighted by Gasteiger charge is 2.23. The van der Waals surface area contributed by atoms with Crippen LogP contribution in [-0.4, -0.2) is 29.2 Å². The molecule has 4 aromatic rings. The van der Waals surface area contributed by atoms with Crippen molar-refractivity contribution >= 4 is 46.4 Å². The van der Waals surface area contributed by atoms with Gasteiger partial charge in [0.05, 0.1) is 33.5 Å². The fourth-order valence-corrected chi connectivity index (χ4v) is 4.89. The molecule has 0 spiro atoms. The van der Waals surface area contributed by atoms with E-state index in [1.807, 2.05) is 35.7 Å². The summed E-state index contributed by atoms with van der Waals surface area (Å²) in [6, 6.07) is 18.1. The average molecular weight is 541 g/mol. The second-order valence-corrected chi connectivity index (χ2v) is 9.40. The molecule has 5 rings (SSSR count). The molecule has 0 fully saturated rings. The molecule has 0 bridgehead atoms. The van der Waals surface area contributed by atoms with E-state index >= 15 is 0 Å². The number of nitro benzene ring substituents is 1. The van der Waals surface area contributed by atoms with Crippen molar-refractivity contribution in [3.05, 3.63) is 102 Å². The Balaban J connectivity index is 1.57. The number of halogens is 2. The summed E-state index contributed by atoms with van der Waals surface area (Å²) in [6.07, 6.45) is 2.16. The van der Waals surface area contributed by atoms with Gasteiger partial charge in [0.25, 0.3) is 5.69 Å². The van der Waals surface area contributed by atoms with Gasteiger partial charge in [-0.3, -0.25) is 15.1 Å². The largest absolute Gasteiger partial charge is 0.454 e. The zero-order chi connectivity index (χ0) is 25.1. The number of nitrogens with zero attached hydrogens (tertiary/aromatic N) is 4. The Morgan fingerprint density at radius 3 is 2.64 bits per heavy atom. The fraction of sp³-hybridized carbons (Fsp3) is 0.120. The van der Waals surface area contributed by atoms with E-state index in [1.54, 1.807) is 22.9 Å². The lowest BCUT2D eigenvalue weighted by atomic mass is 10.1. The molecule has 0 atom stereocenters. The Morgan fingerprint density at radius 1 is 1.08 bits per heavy atom.